The highest BCUT2D eigenvalue weighted by molar-refractivity contribution is 5.94. The van der Waals surface area contributed by atoms with Crippen LogP contribution in [-0.4, -0.2) is 12.5 Å². The Kier molecular flexibility index (Phi) is 6.03. The van der Waals surface area contributed by atoms with Crippen molar-refractivity contribution in [3.63, 3.8) is 0 Å². The Hall–Kier alpha value is -1.35. The summed E-state index contributed by atoms with van der Waals surface area (Å²) in [5.41, 5.74) is 7.23. The number of rotatable bonds is 7. The zero-order chi connectivity index (χ0) is 14.3. The summed E-state index contributed by atoms with van der Waals surface area (Å²) in [6.07, 6.45) is 4.84. The number of aryl methyl sites for hydroxylation is 1. The van der Waals surface area contributed by atoms with Crippen LogP contribution in [0.5, 0.6) is 0 Å². The lowest BCUT2D eigenvalue weighted by atomic mass is 9.92. The van der Waals surface area contributed by atoms with E-state index in [1.807, 2.05) is 26.0 Å². The summed E-state index contributed by atoms with van der Waals surface area (Å²) in [6.45, 7) is 6.24. The molecule has 0 radical (unpaired) electrons. The lowest BCUT2D eigenvalue weighted by molar-refractivity contribution is -0.123. The van der Waals surface area contributed by atoms with Crippen molar-refractivity contribution in [3.05, 3.63) is 29.8 Å². The second-order valence-corrected chi connectivity index (χ2v) is 5.70. The fourth-order valence-corrected chi connectivity index (χ4v) is 1.73. The standard InChI is InChI=1S/C16H26N2O/c1-4-5-6-7-13-8-10-14(11-9-13)18-15(19)16(2,3)12-17/h8-11H,4-7,12,17H2,1-3H3,(H,18,19). The van der Waals surface area contributed by atoms with Crippen LogP contribution in [0.15, 0.2) is 24.3 Å². The molecule has 1 aromatic rings. The molecular formula is C16H26N2O. The first-order chi connectivity index (χ1) is 8.99. The van der Waals surface area contributed by atoms with Gasteiger partial charge < -0.3 is 11.1 Å². The first-order valence-corrected chi connectivity index (χ1v) is 7.10. The highest BCUT2D eigenvalue weighted by atomic mass is 16.2. The minimum atomic E-state index is -0.528. The summed E-state index contributed by atoms with van der Waals surface area (Å²) in [5, 5.41) is 2.91. The van der Waals surface area contributed by atoms with Gasteiger partial charge in [0.2, 0.25) is 5.91 Å². The van der Waals surface area contributed by atoms with Crippen molar-refractivity contribution >= 4 is 11.6 Å². The maximum Gasteiger partial charge on any atom is 0.231 e. The quantitative estimate of drug-likeness (QED) is 0.740. The number of carbonyl (C=O) groups is 1. The Balaban J connectivity index is 2.55. The Morgan fingerprint density at radius 1 is 1.21 bits per heavy atom. The van der Waals surface area contributed by atoms with Crippen molar-refractivity contribution in [1.82, 2.24) is 0 Å². The van der Waals surface area contributed by atoms with Crippen molar-refractivity contribution in [1.29, 1.82) is 0 Å². The fraction of sp³-hybridized carbons (Fsp3) is 0.562. The summed E-state index contributed by atoms with van der Waals surface area (Å²) in [7, 11) is 0. The van der Waals surface area contributed by atoms with Gasteiger partial charge in [0.25, 0.3) is 0 Å². The largest absolute Gasteiger partial charge is 0.329 e. The Morgan fingerprint density at radius 2 is 1.84 bits per heavy atom. The van der Waals surface area contributed by atoms with Crippen LogP contribution in [0, 0.1) is 5.41 Å². The van der Waals surface area contributed by atoms with Crippen LogP contribution in [0.3, 0.4) is 0 Å². The van der Waals surface area contributed by atoms with Crippen molar-refractivity contribution in [2.75, 3.05) is 11.9 Å². The third-order valence-corrected chi connectivity index (χ3v) is 3.41. The van der Waals surface area contributed by atoms with Gasteiger partial charge in [0.05, 0.1) is 5.41 Å². The number of nitrogens with two attached hydrogens (primary N) is 1. The van der Waals surface area contributed by atoms with Crippen molar-refractivity contribution < 1.29 is 4.79 Å². The third kappa shape index (κ3) is 5.03. The smallest absolute Gasteiger partial charge is 0.231 e. The van der Waals surface area contributed by atoms with E-state index < -0.39 is 5.41 Å². The zero-order valence-electron chi connectivity index (χ0n) is 12.3. The Morgan fingerprint density at radius 3 is 2.37 bits per heavy atom. The fourth-order valence-electron chi connectivity index (χ4n) is 1.73. The van der Waals surface area contributed by atoms with Gasteiger partial charge in [-0.3, -0.25) is 4.79 Å². The van der Waals surface area contributed by atoms with Gasteiger partial charge in [-0.1, -0.05) is 31.9 Å². The number of anilines is 1. The number of unbranched alkanes of at least 4 members (excludes halogenated alkanes) is 2. The van der Waals surface area contributed by atoms with Crippen LogP contribution in [0.1, 0.15) is 45.6 Å². The minimum absolute atomic E-state index is 0.0336. The maximum atomic E-state index is 12.0. The maximum absolute atomic E-state index is 12.0. The highest BCUT2D eigenvalue weighted by Crippen LogP contribution is 2.18. The molecule has 0 spiro atoms. The molecule has 1 rings (SSSR count). The number of carbonyl (C=O) groups excluding carboxylic acids is 1. The molecule has 1 amide bonds. The molecule has 3 nitrogen and oxygen atoms in total. The lowest BCUT2D eigenvalue weighted by Crippen LogP contribution is -2.37. The topological polar surface area (TPSA) is 55.1 Å². The van der Waals surface area contributed by atoms with Gasteiger partial charge >= 0.3 is 0 Å². The van der Waals surface area contributed by atoms with Gasteiger partial charge in [-0.15, -0.1) is 0 Å². The monoisotopic (exact) mass is 262 g/mol. The molecule has 0 atom stereocenters. The van der Waals surface area contributed by atoms with Gasteiger partial charge in [0.1, 0.15) is 0 Å². The van der Waals surface area contributed by atoms with Crippen LogP contribution in [0.25, 0.3) is 0 Å². The second-order valence-electron chi connectivity index (χ2n) is 5.70. The molecule has 0 saturated heterocycles. The van der Waals surface area contributed by atoms with E-state index in [2.05, 4.69) is 24.4 Å². The van der Waals surface area contributed by atoms with Gasteiger partial charge in [0.15, 0.2) is 0 Å². The second kappa shape index (κ2) is 7.29. The number of hydrogen-bond acceptors (Lipinski definition) is 2. The van der Waals surface area contributed by atoms with E-state index in [9.17, 15) is 4.79 Å². The molecule has 0 unspecified atom stereocenters. The molecule has 0 fully saturated rings. The van der Waals surface area contributed by atoms with Gasteiger partial charge in [0, 0.05) is 12.2 Å². The van der Waals surface area contributed by atoms with E-state index in [4.69, 9.17) is 5.73 Å². The van der Waals surface area contributed by atoms with Crippen molar-refractivity contribution in [3.8, 4) is 0 Å². The number of hydrogen-bond donors (Lipinski definition) is 2. The molecule has 0 aliphatic heterocycles. The van der Waals surface area contributed by atoms with Crippen LogP contribution < -0.4 is 11.1 Å². The molecule has 0 aliphatic carbocycles. The minimum Gasteiger partial charge on any atom is -0.329 e. The number of benzene rings is 1. The van der Waals surface area contributed by atoms with Crippen molar-refractivity contribution in [2.45, 2.75) is 46.5 Å². The third-order valence-electron chi connectivity index (χ3n) is 3.41. The Bertz CT molecular complexity index is 396. The van der Waals surface area contributed by atoms with Crippen LogP contribution in [0.4, 0.5) is 5.69 Å². The number of amides is 1. The van der Waals surface area contributed by atoms with Crippen LogP contribution in [0.2, 0.25) is 0 Å². The molecule has 19 heavy (non-hydrogen) atoms. The summed E-state index contributed by atoms with van der Waals surface area (Å²) in [6, 6.07) is 8.10. The molecule has 3 heteroatoms. The summed E-state index contributed by atoms with van der Waals surface area (Å²) < 4.78 is 0. The molecular weight excluding hydrogens is 236 g/mol. The van der Waals surface area contributed by atoms with E-state index in [0.717, 1.165) is 12.1 Å². The molecule has 0 saturated carbocycles. The predicted molar refractivity (Wildman–Crippen MR) is 81.1 cm³/mol. The number of nitrogens with one attached hydrogen (secondary N) is 1. The summed E-state index contributed by atoms with van der Waals surface area (Å²) >= 11 is 0. The van der Waals surface area contributed by atoms with E-state index in [1.165, 1.54) is 24.8 Å². The Labute approximate surface area is 116 Å². The molecule has 1 aromatic carbocycles. The molecule has 3 N–H and O–H groups in total. The zero-order valence-corrected chi connectivity index (χ0v) is 12.3. The normalized spacial score (nSPS) is 11.4. The van der Waals surface area contributed by atoms with E-state index in [-0.39, 0.29) is 5.91 Å². The highest BCUT2D eigenvalue weighted by Gasteiger charge is 2.25. The van der Waals surface area contributed by atoms with Crippen LogP contribution >= 0.6 is 0 Å². The average molecular weight is 262 g/mol. The lowest BCUT2D eigenvalue weighted by Gasteiger charge is -2.21. The predicted octanol–water partition coefficient (Wildman–Crippen LogP) is 3.34. The summed E-state index contributed by atoms with van der Waals surface area (Å²) in [4.78, 5) is 12.0. The SMILES string of the molecule is CCCCCc1ccc(NC(=O)C(C)(C)CN)cc1. The molecule has 0 bridgehead atoms. The van der Waals surface area contributed by atoms with Crippen molar-refractivity contribution in [2.24, 2.45) is 11.1 Å². The molecule has 0 heterocycles. The first kappa shape index (κ1) is 15.7. The molecule has 0 aromatic heterocycles. The van der Waals surface area contributed by atoms with Gasteiger partial charge in [-0.25, -0.2) is 0 Å². The average Bonchev–Trinajstić information content (AvgIpc) is 2.41. The molecule has 0 aliphatic rings. The van der Waals surface area contributed by atoms with E-state index in [1.54, 1.807) is 0 Å². The van der Waals surface area contributed by atoms with E-state index in [0.29, 0.717) is 6.54 Å². The van der Waals surface area contributed by atoms with Gasteiger partial charge in [-0.05, 0) is 44.4 Å². The molecule has 106 valence electrons. The van der Waals surface area contributed by atoms with Crippen LogP contribution in [-0.2, 0) is 11.2 Å². The van der Waals surface area contributed by atoms with E-state index >= 15 is 0 Å². The summed E-state index contributed by atoms with van der Waals surface area (Å²) in [5.74, 6) is -0.0336. The van der Waals surface area contributed by atoms with Gasteiger partial charge in [-0.2, -0.15) is 0 Å². The first-order valence-electron chi connectivity index (χ1n) is 7.10.